The number of aliphatic hydroxyl groups excluding tert-OH is 4. The summed E-state index contributed by atoms with van der Waals surface area (Å²) in [6.07, 6.45) is 1.94. The fraction of sp³-hybridized carbons (Fsp3) is 0.971. The van der Waals surface area contributed by atoms with E-state index in [2.05, 4.69) is 39.6 Å². The van der Waals surface area contributed by atoms with Crippen LogP contribution in [-0.4, -0.2) is 94.2 Å². The van der Waals surface area contributed by atoms with Crippen molar-refractivity contribution in [3.8, 4) is 0 Å². The molecule has 6 rings (SSSR count). The van der Waals surface area contributed by atoms with Crippen LogP contribution in [0.15, 0.2) is 0 Å². The Morgan fingerprint density at radius 2 is 1.69 bits per heavy atom. The maximum absolute atomic E-state index is 13.8. The number of nitrogens with zero attached hydrogens (tertiary/aromatic N) is 1. The summed E-state index contributed by atoms with van der Waals surface area (Å²) in [4.78, 5) is 16.4. The molecule has 8 heteroatoms. The van der Waals surface area contributed by atoms with Crippen molar-refractivity contribution in [2.75, 3.05) is 20.2 Å². The summed E-state index contributed by atoms with van der Waals surface area (Å²) >= 11 is 0. The molecule has 0 unspecified atom stereocenters. The molecule has 42 heavy (non-hydrogen) atoms. The summed E-state index contributed by atoms with van der Waals surface area (Å²) in [6, 6.07) is 0.693. The smallest absolute Gasteiger partial charge is 0.186 e. The van der Waals surface area contributed by atoms with Gasteiger partial charge in [-0.15, -0.1) is 0 Å². The number of fused-ring (bicyclic) bond motifs is 5. The summed E-state index contributed by atoms with van der Waals surface area (Å²) in [5.74, 6) is 6.54. The topological polar surface area (TPSA) is 120 Å². The third-order valence-electron chi connectivity index (χ3n) is 13.6. The molecule has 0 amide bonds. The number of carbonyl (C=O) groups is 1. The molecule has 2 heterocycles. The highest BCUT2D eigenvalue weighted by Crippen LogP contribution is 2.62. The number of hydrogen-bond donors (Lipinski definition) is 4. The van der Waals surface area contributed by atoms with Gasteiger partial charge in [-0.2, -0.15) is 0 Å². The lowest BCUT2D eigenvalue weighted by Gasteiger charge is -2.50. The summed E-state index contributed by atoms with van der Waals surface area (Å²) in [5, 5.41) is 40.5. The molecule has 0 bridgehead atoms. The molecule has 0 spiro atoms. The molecule has 8 nitrogen and oxygen atoms in total. The number of carbonyl (C=O) groups excluding carboxylic acids is 1. The lowest BCUT2D eigenvalue weighted by atomic mass is 9.56. The van der Waals surface area contributed by atoms with Gasteiger partial charge in [0.25, 0.3) is 0 Å². The van der Waals surface area contributed by atoms with E-state index >= 15 is 0 Å². The predicted octanol–water partition coefficient (Wildman–Crippen LogP) is 3.09. The Morgan fingerprint density at radius 3 is 2.40 bits per heavy atom. The zero-order valence-electron chi connectivity index (χ0n) is 26.4. The Labute approximate surface area is 252 Å². The number of ketones is 1. The number of aliphatic hydroxyl groups is 4. The van der Waals surface area contributed by atoms with Crippen molar-refractivity contribution >= 4 is 5.78 Å². The van der Waals surface area contributed by atoms with Crippen LogP contribution in [0.5, 0.6) is 0 Å². The number of rotatable bonds is 5. The predicted molar refractivity (Wildman–Crippen MR) is 158 cm³/mol. The van der Waals surface area contributed by atoms with Crippen molar-refractivity contribution in [3.05, 3.63) is 0 Å². The van der Waals surface area contributed by atoms with Gasteiger partial charge in [0, 0.05) is 24.9 Å². The maximum Gasteiger partial charge on any atom is 0.186 e. The van der Waals surface area contributed by atoms with Gasteiger partial charge < -0.3 is 34.8 Å². The van der Waals surface area contributed by atoms with Crippen LogP contribution in [0.4, 0.5) is 0 Å². The first-order valence-corrected chi connectivity index (χ1v) is 17.2. The third kappa shape index (κ3) is 5.43. The van der Waals surface area contributed by atoms with E-state index in [0.29, 0.717) is 66.1 Å². The largest absolute Gasteiger partial charge is 0.394 e. The summed E-state index contributed by atoms with van der Waals surface area (Å²) in [5.41, 5.74) is 0. The van der Waals surface area contributed by atoms with Crippen molar-refractivity contribution < 1.29 is 34.7 Å². The van der Waals surface area contributed by atoms with E-state index < -0.39 is 37.3 Å². The van der Waals surface area contributed by atoms with Crippen LogP contribution in [-0.2, 0) is 14.3 Å². The van der Waals surface area contributed by atoms with Crippen molar-refractivity contribution in [2.45, 2.75) is 122 Å². The Morgan fingerprint density at radius 1 is 0.929 bits per heavy atom. The molecule has 240 valence electrons. The maximum atomic E-state index is 13.8. The van der Waals surface area contributed by atoms with Gasteiger partial charge in [0.15, 0.2) is 6.29 Å². The second kappa shape index (κ2) is 12.3. The number of hydrogen-bond acceptors (Lipinski definition) is 8. The zero-order chi connectivity index (χ0) is 30.0. The molecule has 18 atom stereocenters. The van der Waals surface area contributed by atoms with E-state index in [1.807, 2.05) is 0 Å². The van der Waals surface area contributed by atoms with Crippen LogP contribution in [0, 0.1) is 65.1 Å². The number of Topliss-reactive ketones (excluding diaryl/α,β-unsaturated/α-hetero) is 1. The first-order chi connectivity index (χ1) is 20.0. The van der Waals surface area contributed by atoms with E-state index in [1.165, 1.54) is 38.6 Å². The number of likely N-dealkylation sites (tertiary alicyclic amines) is 1. The molecule has 2 aliphatic heterocycles. The van der Waals surface area contributed by atoms with E-state index in [-0.39, 0.29) is 12.0 Å². The van der Waals surface area contributed by atoms with Crippen molar-refractivity contribution in [1.29, 1.82) is 0 Å². The van der Waals surface area contributed by atoms with Crippen LogP contribution in [0.2, 0.25) is 0 Å². The van der Waals surface area contributed by atoms with Gasteiger partial charge in [-0.05, 0) is 111 Å². The molecule has 0 radical (unpaired) electrons. The highest BCUT2D eigenvalue weighted by Gasteiger charge is 2.59. The number of piperidine rings is 1. The summed E-state index contributed by atoms with van der Waals surface area (Å²) in [6.45, 7) is 10.5. The normalized spacial score (nSPS) is 54.1. The molecule has 0 aromatic rings. The Balaban J connectivity index is 1.12. The van der Waals surface area contributed by atoms with Crippen molar-refractivity contribution in [3.63, 3.8) is 0 Å². The molecule has 4 saturated carbocycles. The lowest BCUT2D eigenvalue weighted by molar-refractivity contribution is -0.315. The highest BCUT2D eigenvalue weighted by atomic mass is 16.7. The summed E-state index contributed by atoms with van der Waals surface area (Å²) in [7, 11) is 2.34. The van der Waals surface area contributed by atoms with Crippen molar-refractivity contribution in [2.24, 2.45) is 65.1 Å². The second-order valence-electron chi connectivity index (χ2n) is 15.8. The molecule has 6 aliphatic rings. The first kappa shape index (κ1) is 31.4. The van der Waals surface area contributed by atoms with E-state index in [9.17, 15) is 25.2 Å². The minimum Gasteiger partial charge on any atom is -0.394 e. The number of ether oxygens (including phenoxy) is 2. The van der Waals surface area contributed by atoms with Crippen LogP contribution >= 0.6 is 0 Å². The fourth-order valence-corrected chi connectivity index (χ4v) is 11.6. The molecule has 0 aromatic carbocycles. The molecule has 4 N–H and O–H groups in total. The van der Waals surface area contributed by atoms with Gasteiger partial charge in [-0.25, -0.2) is 0 Å². The SMILES string of the molecule is C[C@H]1CC[C@H]([C@@H](C)[C@@H]2CC[C@@H]3[C@@H]4CC(=O)[C@H]5C[C@@H](O[C@@H]6O[C@H](CO)[C@@H](O)[C@H](O)[C@H]6O)C[C@@H](C)[C@@H]5[C@H]4C[C@H]3[C@H]2C)N(C)C1. The minimum atomic E-state index is -1.45. The van der Waals surface area contributed by atoms with Crippen LogP contribution in [0.3, 0.4) is 0 Å². The van der Waals surface area contributed by atoms with Crippen LogP contribution < -0.4 is 0 Å². The lowest BCUT2D eigenvalue weighted by Crippen LogP contribution is -2.60. The molecule has 2 saturated heterocycles. The van der Waals surface area contributed by atoms with Gasteiger partial charge >= 0.3 is 0 Å². The van der Waals surface area contributed by atoms with Gasteiger partial charge in [0.2, 0.25) is 0 Å². The Kier molecular flexibility index (Phi) is 9.19. The zero-order valence-corrected chi connectivity index (χ0v) is 26.4. The van der Waals surface area contributed by atoms with E-state index in [4.69, 9.17) is 9.47 Å². The minimum absolute atomic E-state index is 0.0343. The average molecular weight is 592 g/mol. The van der Waals surface area contributed by atoms with E-state index in [0.717, 1.165) is 24.2 Å². The van der Waals surface area contributed by atoms with Gasteiger partial charge in [0.1, 0.15) is 30.2 Å². The highest BCUT2D eigenvalue weighted by molar-refractivity contribution is 5.83. The first-order valence-electron chi connectivity index (χ1n) is 17.2. The average Bonchev–Trinajstić information content (AvgIpc) is 3.32. The molecular formula is C34H57NO7. The monoisotopic (exact) mass is 591 g/mol. The molecule has 0 aromatic heterocycles. The second-order valence-corrected chi connectivity index (χ2v) is 15.8. The Bertz CT molecular complexity index is 962. The van der Waals surface area contributed by atoms with Gasteiger partial charge in [-0.3, -0.25) is 4.79 Å². The van der Waals surface area contributed by atoms with Crippen LogP contribution in [0.25, 0.3) is 0 Å². The molecular weight excluding hydrogens is 534 g/mol. The fourth-order valence-electron chi connectivity index (χ4n) is 11.6. The summed E-state index contributed by atoms with van der Waals surface area (Å²) < 4.78 is 11.8. The van der Waals surface area contributed by atoms with Crippen LogP contribution in [0.1, 0.15) is 79.1 Å². The standard InChI is InChI=1S/C34H57NO7/c1-16-6-9-27(35(5)14-16)19(4)21-7-8-22-23(18(21)3)12-25-24(22)13-28(37)26-11-20(10-17(2)30(25)26)41-34-33(40)32(39)31(38)29(15-36)42-34/h16-27,29-34,36,38-40H,6-15H2,1-5H3/t16-,17+,18-,19-,20-,21+,22-,23-,24-,25-,26+,27+,29+,30+,31+,32-,33+,34+/m0/s1. The quantitative estimate of drug-likeness (QED) is 0.360. The third-order valence-corrected chi connectivity index (χ3v) is 13.6. The van der Waals surface area contributed by atoms with Gasteiger partial charge in [-0.1, -0.05) is 27.7 Å². The molecule has 4 aliphatic carbocycles. The molecule has 6 fully saturated rings. The van der Waals surface area contributed by atoms with Gasteiger partial charge in [0.05, 0.1) is 12.7 Å². The van der Waals surface area contributed by atoms with E-state index in [1.54, 1.807) is 0 Å². The Hall–Kier alpha value is -0.610. The van der Waals surface area contributed by atoms with Crippen molar-refractivity contribution in [1.82, 2.24) is 4.90 Å².